The van der Waals surface area contributed by atoms with Gasteiger partial charge in [0.25, 0.3) is 5.91 Å². The van der Waals surface area contributed by atoms with E-state index in [4.69, 9.17) is 5.73 Å². The third-order valence-corrected chi connectivity index (χ3v) is 3.96. The first-order valence-electron chi connectivity index (χ1n) is 6.94. The van der Waals surface area contributed by atoms with Crippen LogP contribution in [0.4, 0.5) is 10.8 Å². The van der Waals surface area contributed by atoms with E-state index in [-0.39, 0.29) is 11.8 Å². The molecule has 0 aliphatic heterocycles. The number of thiazole rings is 1. The second kappa shape index (κ2) is 7.67. The number of amides is 2. The molecule has 0 unspecified atom stereocenters. The number of nitrogens with two attached hydrogens (primary N) is 1. The summed E-state index contributed by atoms with van der Waals surface area (Å²) in [4.78, 5) is 28.6. The minimum Gasteiger partial charge on any atom is -0.330 e. The number of hydrogen-bond donors (Lipinski definition) is 3. The molecular formula is C15H18N4O2S. The topological polar surface area (TPSA) is 97.1 Å². The number of nitrogens with one attached hydrogen (secondary N) is 2. The Morgan fingerprint density at radius 3 is 2.64 bits per heavy atom. The van der Waals surface area contributed by atoms with E-state index >= 15 is 0 Å². The van der Waals surface area contributed by atoms with E-state index in [1.54, 1.807) is 6.92 Å². The number of hydrogen-bond acceptors (Lipinski definition) is 5. The van der Waals surface area contributed by atoms with Crippen molar-refractivity contribution in [3.63, 3.8) is 0 Å². The second-order valence-corrected chi connectivity index (χ2v) is 5.69. The van der Waals surface area contributed by atoms with Gasteiger partial charge in [-0.3, -0.25) is 9.59 Å². The average molecular weight is 318 g/mol. The maximum atomic E-state index is 12.2. The van der Waals surface area contributed by atoms with Gasteiger partial charge in [0, 0.05) is 12.1 Å². The predicted octanol–water partition coefficient (Wildman–Crippen LogP) is 2.38. The SMILES string of the molecule is Cc1nc(NC(=O)CCCN)sc1C(=O)Nc1ccccc1. The Kier molecular flexibility index (Phi) is 5.62. The highest BCUT2D eigenvalue weighted by Gasteiger charge is 2.16. The lowest BCUT2D eigenvalue weighted by molar-refractivity contribution is -0.116. The molecule has 4 N–H and O–H groups in total. The average Bonchev–Trinajstić information content (AvgIpc) is 2.86. The molecule has 22 heavy (non-hydrogen) atoms. The van der Waals surface area contributed by atoms with Crippen LogP contribution < -0.4 is 16.4 Å². The molecule has 0 atom stereocenters. The highest BCUT2D eigenvalue weighted by Crippen LogP contribution is 2.23. The van der Waals surface area contributed by atoms with Gasteiger partial charge in [-0.2, -0.15) is 0 Å². The molecule has 0 radical (unpaired) electrons. The molecule has 0 saturated carbocycles. The zero-order valence-electron chi connectivity index (χ0n) is 12.3. The van der Waals surface area contributed by atoms with Crippen molar-refractivity contribution in [3.8, 4) is 0 Å². The molecule has 0 aliphatic rings. The fourth-order valence-electron chi connectivity index (χ4n) is 1.81. The Hall–Kier alpha value is -2.25. The van der Waals surface area contributed by atoms with Crippen LogP contribution >= 0.6 is 11.3 Å². The fraction of sp³-hybridized carbons (Fsp3) is 0.267. The van der Waals surface area contributed by atoms with Crippen molar-refractivity contribution in [1.82, 2.24) is 4.98 Å². The molecule has 116 valence electrons. The lowest BCUT2D eigenvalue weighted by atomic mass is 10.3. The molecule has 1 aromatic carbocycles. The Bertz CT molecular complexity index is 655. The van der Waals surface area contributed by atoms with Gasteiger partial charge in [0.05, 0.1) is 5.69 Å². The van der Waals surface area contributed by atoms with Gasteiger partial charge in [0.15, 0.2) is 5.13 Å². The number of nitrogens with zero attached hydrogens (tertiary/aromatic N) is 1. The zero-order valence-corrected chi connectivity index (χ0v) is 13.1. The van der Waals surface area contributed by atoms with E-state index in [1.807, 2.05) is 30.3 Å². The van der Waals surface area contributed by atoms with Crippen LogP contribution in [0.5, 0.6) is 0 Å². The summed E-state index contributed by atoms with van der Waals surface area (Å²) in [5.74, 6) is -0.377. The monoisotopic (exact) mass is 318 g/mol. The van der Waals surface area contributed by atoms with Crippen molar-refractivity contribution in [1.29, 1.82) is 0 Å². The van der Waals surface area contributed by atoms with Gasteiger partial charge in [-0.15, -0.1) is 0 Å². The van der Waals surface area contributed by atoms with Gasteiger partial charge < -0.3 is 16.4 Å². The van der Waals surface area contributed by atoms with Gasteiger partial charge in [-0.25, -0.2) is 4.98 Å². The summed E-state index contributed by atoms with van der Waals surface area (Å²) in [5, 5.41) is 5.92. The first-order valence-corrected chi connectivity index (χ1v) is 7.75. The van der Waals surface area contributed by atoms with E-state index < -0.39 is 0 Å². The lowest BCUT2D eigenvalue weighted by Crippen LogP contribution is -2.13. The Balaban J connectivity index is 2.03. The van der Waals surface area contributed by atoms with Crippen molar-refractivity contribution < 1.29 is 9.59 Å². The molecule has 0 fully saturated rings. The summed E-state index contributed by atoms with van der Waals surface area (Å²) >= 11 is 1.16. The number of carbonyl (C=O) groups is 2. The van der Waals surface area contributed by atoms with E-state index in [0.29, 0.717) is 40.8 Å². The minimum absolute atomic E-state index is 0.144. The van der Waals surface area contributed by atoms with Gasteiger partial charge in [-0.1, -0.05) is 29.5 Å². The van der Waals surface area contributed by atoms with Crippen LogP contribution in [0.1, 0.15) is 28.2 Å². The molecule has 6 nitrogen and oxygen atoms in total. The third-order valence-electron chi connectivity index (χ3n) is 2.89. The van der Waals surface area contributed by atoms with Crippen molar-refractivity contribution in [3.05, 3.63) is 40.9 Å². The van der Waals surface area contributed by atoms with Gasteiger partial charge >= 0.3 is 0 Å². The third kappa shape index (κ3) is 4.37. The molecule has 2 aromatic rings. The summed E-state index contributed by atoms with van der Waals surface area (Å²) in [5.41, 5.74) is 6.67. The molecule has 0 saturated heterocycles. The lowest BCUT2D eigenvalue weighted by Gasteiger charge is -2.02. The van der Waals surface area contributed by atoms with E-state index in [2.05, 4.69) is 15.6 Å². The fourth-order valence-corrected chi connectivity index (χ4v) is 2.69. The molecule has 1 aromatic heterocycles. The number of anilines is 2. The highest BCUT2D eigenvalue weighted by molar-refractivity contribution is 7.17. The Labute approximate surface area is 132 Å². The molecule has 0 aliphatic carbocycles. The molecule has 2 rings (SSSR count). The summed E-state index contributed by atoms with van der Waals surface area (Å²) in [6.07, 6.45) is 0.970. The summed E-state index contributed by atoms with van der Waals surface area (Å²) in [6, 6.07) is 9.19. The van der Waals surface area contributed by atoms with Crippen molar-refractivity contribution in [2.45, 2.75) is 19.8 Å². The van der Waals surface area contributed by atoms with Crippen LogP contribution in [0.25, 0.3) is 0 Å². The number of aryl methyl sites for hydroxylation is 1. The Morgan fingerprint density at radius 1 is 1.23 bits per heavy atom. The zero-order chi connectivity index (χ0) is 15.9. The van der Waals surface area contributed by atoms with Crippen LogP contribution in [0.2, 0.25) is 0 Å². The van der Waals surface area contributed by atoms with Gasteiger partial charge in [-0.05, 0) is 32.0 Å². The summed E-state index contributed by atoms with van der Waals surface area (Å²) < 4.78 is 0. The van der Waals surface area contributed by atoms with Crippen LogP contribution in [0.3, 0.4) is 0 Å². The van der Waals surface area contributed by atoms with Crippen LogP contribution in [-0.2, 0) is 4.79 Å². The quantitative estimate of drug-likeness (QED) is 0.761. The minimum atomic E-state index is -0.233. The molecule has 0 bridgehead atoms. The Morgan fingerprint density at radius 2 is 1.95 bits per heavy atom. The number of benzene rings is 1. The van der Waals surface area contributed by atoms with Crippen molar-refractivity contribution in [2.24, 2.45) is 5.73 Å². The predicted molar refractivity (Wildman–Crippen MR) is 88.2 cm³/mol. The number of aromatic nitrogens is 1. The van der Waals surface area contributed by atoms with Crippen molar-refractivity contribution >= 4 is 34.0 Å². The number of carbonyl (C=O) groups excluding carboxylic acids is 2. The molecule has 2 amide bonds. The molecule has 7 heteroatoms. The number of rotatable bonds is 6. The van der Waals surface area contributed by atoms with E-state index in [9.17, 15) is 9.59 Å². The second-order valence-electron chi connectivity index (χ2n) is 4.69. The maximum absolute atomic E-state index is 12.2. The summed E-state index contributed by atoms with van der Waals surface area (Å²) in [7, 11) is 0. The van der Waals surface area contributed by atoms with Crippen LogP contribution in [0.15, 0.2) is 30.3 Å². The first-order chi connectivity index (χ1) is 10.6. The number of para-hydroxylation sites is 1. The first kappa shape index (κ1) is 16.1. The van der Waals surface area contributed by atoms with E-state index in [1.165, 1.54) is 0 Å². The van der Waals surface area contributed by atoms with Gasteiger partial charge in [0.2, 0.25) is 5.91 Å². The molecule has 1 heterocycles. The van der Waals surface area contributed by atoms with Crippen LogP contribution in [-0.4, -0.2) is 23.3 Å². The standard InChI is InChI=1S/C15H18N4O2S/c1-10-13(14(21)18-11-6-3-2-4-7-11)22-15(17-10)19-12(20)8-5-9-16/h2-4,6-7H,5,8-9,16H2,1H3,(H,18,21)(H,17,19,20). The van der Waals surface area contributed by atoms with Gasteiger partial charge in [0.1, 0.15) is 4.88 Å². The largest absolute Gasteiger partial charge is 0.330 e. The van der Waals surface area contributed by atoms with Crippen LogP contribution in [0, 0.1) is 6.92 Å². The maximum Gasteiger partial charge on any atom is 0.267 e. The summed E-state index contributed by atoms with van der Waals surface area (Å²) in [6.45, 7) is 2.21. The highest BCUT2D eigenvalue weighted by atomic mass is 32.1. The molecule has 0 spiro atoms. The van der Waals surface area contributed by atoms with E-state index in [0.717, 1.165) is 11.3 Å². The molecular weight excluding hydrogens is 300 g/mol. The normalized spacial score (nSPS) is 10.3. The van der Waals surface area contributed by atoms with Crippen molar-refractivity contribution in [2.75, 3.05) is 17.2 Å². The smallest absolute Gasteiger partial charge is 0.267 e.